The zero-order valence-corrected chi connectivity index (χ0v) is 33.0. The Hall–Kier alpha value is -6.38. The van der Waals surface area contributed by atoms with Crippen LogP contribution in [0.2, 0.25) is 0 Å². The van der Waals surface area contributed by atoms with Gasteiger partial charge in [-0.2, -0.15) is 0 Å². The SMILES string of the molecule is [B]c1c([B])c([B])c(-c2ccc(N(c3cccc(-c4ccc5c(c4)-c4ccccc4C5(C)C)c3-c3ccccc3)c3cc4ccccc4c4ccccc34)cc2)c([B])c1[B]. The molecule has 0 bridgehead atoms. The molecule has 0 fully saturated rings. The molecule has 1 aliphatic carbocycles. The van der Waals surface area contributed by atoms with Gasteiger partial charge in [0.15, 0.2) is 0 Å². The molecule has 0 heterocycles. The van der Waals surface area contributed by atoms with Crippen molar-refractivity contribution in [3.63, 3.8) is 0 Å². The van der Waals surface area contributed by atoms with Crippen LogP contribution in [-0.4, -0.2) is 39.2 Å². The Morgan fingerprint density at radius 3 is 1.68 bits per heavy atom. The normalized spacial score (nSPS) is 12.7. The van der Waals surface area contributed by atoms with Gasteiger partial charge in [-0.25, -0.2) is 0 Å². The molecule has 1 aliphatic rings. The molecule has 0 spiro atoms. The Balaban J connectivity index is 1.25. The molecular weight excluding hydrogens is 705 g/mol. The number of fused-ring (bicyclic) bond motifs is 6. The van der Waals surface area contributed by atoms with E-state index in [-0.39, 0.29) is 21.8 Å². The van der Waals surface area contributed by atoms with Gasteiger partial charge in [-0.3, -0.25) is 0 Å². The minimum atomic E-state index is -0.0895. The molecule has 9 aromatic rings. The summed E-state index contributed by atoms with van der Waals surface area (Å²) in [7, 11) is 31.9. The maximum Gasteiger partial charge on any atom is 0.113 e. The fourth-order valence-electron chi connectivity index (χ4n) is 9.33. The molecule has 0 saturated carbocycles. The topological polar surface area (TPSA) is 3.24 Å². The van der Waals surface area contributed by atoms with Crippen LogP contribution in [0.4, 0.5) is 17.1 Å². The van der Waals surface area contributed by atoms with Gasteiger partial charge >= 0.3 is 0 Å². The smallest absolute Gasteiger partial charge is 0.113 e. The highest BCUT2D eigenvalue weighted by atomic mass is 15.1. The van der Waals surface area contributed by atoms with Gasteiger partial charge in [-0.1, -0.05) is 164 Å². The molecular formula is C53H34B5N. The van der Waals surface area contributed by atoms with E-state index in [1.165, 1.54) is 33.0 Å². The van der Waals surface area contributed by atoms with Crippen molar-refractivity contribution in [2.75, 3.05) is 4.90 Å². The molecule has 9 aromatic carbocycles. The van der Waals surface area contributed by atoms with Gasteiger partial charge in [0.25, 0.3) is 0 Å². The van der Waals surface area contributed by atoms with E-state index in [4.69, 9.17) is 39.2 Å². The lowest BCUT2D eigenvalue weighted by Crippen LogP contribution is -2.55. The molecule has 10 rings (SSSR count). The largest absolute Gasteiger partial charge is 0.309 e. The fraction of sp³-hybridized carbons (Fsp3) is 0.0566. The summed E-state index contributed by atoms with van der Waals surface area (Å²) in [6.07, 6.45) is 0. The number of rotatable bonds is 6. The molecule has 6 heteroatoms. The first-order chi connectivity index (χ1) is 28.6. The van der Waals surface area contributed by atoms with Crippen molar-refractivity contribution >= 4 is 105 Å². The van der Waals surface area contributed by atoms with Crippen molar-refractivity contribution in [2.24, 2.45) is 0 Å². The highest BCUT2D eigenvalue weighted by molar-refractivity contribution is 6.68. The van der Waals surface area contributed by atoms with E-state index in [0.717, 1.165) is 55.7 Å². The first-order valence-corrected chi connectivity index (χ1v) is 19.9. The minimum Gasteiger partial charge on any atom is -0.309 e. The van der Waals surface area contributed by atoms with Gasteiger partial charge in [-0.15, -0.1) is 16.4 Å². The zero-order chi connectivity index (χ0) is 40.6. The monoisotopic (exact) mass is 739 g/mol. The molecule has 0 unspecified atom stereocenters. The molecule has 0 N–H and O–H groups in total. The molecule has 0 aromatic heterocycles. The van der Waals surface area contributed by atoms with Crippen molar-refractivity contribution in [1.29, 1.82) is 0 Å². The van der Waals surface area contributed by atoms with E-state index in [0.29, 0.717) is 16.5 Å². The minimum absolute atomic E-state index is 0.0895. The number of anilines is 3. The Kier molecular flexibility index (Phi) is 8.87. The maximum atomic E-state index is 6.56. The van der Waals surface area contributed by atoms with Crippen molar-refractivity contribution in [2.45, 2.75) is 19.3 Å². The summed E-state index contributed by atoms with van der Waals surface area (Å²) in [6.45, 7) is 4.65. The van der Waals surface area contributed by atoms with Crippen LogP contribution in [0.25, 0.3) is 66.1 Å². The molecule has 0 amide bonds. The Morgan fingerprint density at radius 2 is 0.932 bits per heavy atom. The first kappa shape index (κ1) is 36.9. The third-order valence-electron chi connectivity index (χ3n) is 12.3. The van der Waals surface area contributed by atoms with E-state index in [2.05, 4.69) is 176 Å². The summed E-state index contributed by atoms with van der Waals surface area (Å²) in [5.74, 6) is 0. The summed E-state index contributed by atoms with van der Waals surface area (Å²) in [5.41, 5.74) is 15.3. The standard InChI is InChI=1S/C53H34B5N/c1-53(2)42-21-11-10-18-39(42)41-29-34(25-28-43(41)53)37-20-12-22-44(46(37)31-13-4-3-5-14-31)59(45-30-33-15-6-7-16-36(33)38-17-8-9-19-40(38)45)35-26-23-32(24-27-35)47-48(54)50(56)52(58)51(57)49(47)55/h3-30H,1-2H3. The van der Waals surface area contributed by atoms with E-state index in [1.807, 2.05) is 12.1 Å². The van der Waals surface area contributed by atoms with E-state index in [1.54, 1.807) is 0 Å². The van der Waals surface area contributed by atoms with E-state index >= 15 is 0 Å². The van der Waals surface area contributed by atoms with Crippen LogP contribution >= 0.6 is 0 Å². The third kappa shape index (κ3) is 5.83. The molecule has 0 aliphatic heterocycles. The average Bonchev–Trinajstić information content (AvgIpc) is 3.51. The Labute approximate surface area is 353 Å². The third-order valence-corrected chi connectivity index (χ3v) is 12.3. The summed E-state index contributed by atoms with van der Waals surface area (Å²) in [4.78, 5) is 2.38. The molecule has 0 saturated heterocycles. The predicted octanol–water partition coefficient (Wildman–Crippen LogP) is 8.74. The van der Waals surface area contributed by atoms with Crippen molar-refractivity contribution in [3.8, 4) is 44.5 Å². The second-order valence-electron chi connectivity index (χ2n) is 16.0. The van der Waals surface area contributed by atoms with Crippen molar-refractivity contribution < 1.29 is 0 Å². The summed E-state index contributed by atoms with van der Waals surface area (Å²) < 4.78 is 0. The molecule has 1 nitrogen and oxygen atoms in total. The van der Waals surface area contributed by atoms with Crippen LogP contribution in [0.5, 0.6) is 0 Å². The molecule has 10 radical (unpaired) electrons. The van der Waals surface area contributed by atoms with Crippen LogP contribution in [0, 0.1) is 0 Å². The fourth-order valence-corrected chi connectivity index (χ4v) is 9.33. The van der Waals surface area contributed by atoms with Gasteiger partial charge in [0, 0.05) is 22.1 Å². The van der Waals surface area contributed by atoms with E-state index in [9.17, 15) is 0 Å². The van der Waals surface area contributed by atoms with Crippen LogP contribution in [0.15, 0.2) is 170 Å². The van der Waals surface area contributed by atoms with Crippen LogP contribution in [-0.2, 0) is 5.41 Å². The summed E-state index contributed by atoms with van der Waals surface area (Å²) in [5, 5.41) is 4.65. The number of hydrogen-bond acceptors (Lipinski definition) is 1. The Bertz CT molecular complexity index is 3110. The predicted molar refractivity (Wildman–Crippen MR) is 257 cm³/mol. The van der Waals surface area contributed by atoms with Gasteiger partial charge in [0.2, 0.25) is 0 Å². The van der Waals surface area contributed by atoms with Gasteiger partial charge in [-0.05, 0) is 96.6 Å². The van der Waals surface area contributed by atoms with Gasteiger partial charge in [0.1, 0.15) is 39.2 Å². The van der Waals surface area contributed by atoms with Gasteiger partial charge < -0.3 is 4.90 Å². The lowest BCUT2D eigenvalue weighted by Gasteiger charge is -2.31. The van der Waals surface area contributed by atoms with Crippen LogP contribution in [0.3, 0.4) is 0 Å². The molecule has 59 heavy (non-hydrogen) atoms. The van der Waals surface area contributed by atoms with Crippen molar-refractivity contribution in [1.82, 2.24) is 0 Å². The average molecular weight is 739 g/mol. The van der Waals surface area contributed by atoms with Crippen LogP contribution in [0.1, 0.15) is 25.0 Å². The Morgan fingerprint density at radius 1 is 0.373 bits per heavy atom. The highest BCUT2D eigenvalue weighted by Gasteiger charge is 2.35. The second-order valence-corrected chi connectivity index (χ2v) is 16.0. The van der Waals surface area contributed by atoms with Crippen LogP contribution < -0.4 is 32.2 Å². The quantitative estimate of drug-likeness (QED) is 0.122. The zero-order valence-electron chi connectivity index (χ0n) is 33.0. The lowest BCUT2D eigenvalue weighted by atomic mass is 9.60. The second kappa shape index (κ2) is 14.2. The van der Waals surface area contributed by atoms with Gasteiger partial charge in [0.05, 0.1) is 11.4 Å². The van der Waals surface area contributed by atoms with Crippen molar-refractivity contribution in [3.05, 3.63) is 181 Å². The number of benzene rings is 9. The summed E-state index contributed by atoms with van der Waals surface area (Å²) >= 11 is 0. The number of nitrogens with zero attached hydrogens (tertiary/aromatic N) is 1. The highest BCUT2D eigenvalue weighted by Crippen LogP contribution is 2.52. The van der Waals surface area contributed by atoms with E-state index < -0.39 is 0 Å². The maximum absolute atomic E-state index is 6.56. The first-order valence-electron chi connectivity index (χ1n) is 19.9. The molecule has 0 atom stereocenters. The number of hydrogen-bond donors (Lipinski definition) is 0. The summed E-state index contributed by atoms with van der Waals surface area (Å²) in [6, 6.07) is 61.0. The molecule has 266 valence electrons. The lowest BCUT2D eigenvalue weighted by molar-refractivity contribution is 0.660.